The van der Waals surface area contributed by atoms with Gasteiger partial charge in [0.2, 0.25) is 5.91 Å². The van der Waals surface area contributed by atoms with Crippen LogP contribution in [0.5, 0.6) is 0 Å². The highest BCUT2D eigenvalue weighted by atomic mass is 16.5. The maximum absolute atomic E-state index is 12.9. The largest absolute Gasteiger partial charge is 0.469 e. The molecule has 2 aliphatic carbocycles. The lowest BCUT2D eigenvalue weighted by Gasteiger charge is -2.30. The predicted molar refractivity (Wildman–Crippen MR) is 90.2 cm³/mol. The third kappa shape index (κ3) is 3.60. The molecule has 0 spiro atoms. The van der Waals surface area contributed by atoms with Crippen molar-refractivity contribution in [1.82, 2.24) is 10.3 Å². The summed E-state index contributed by atoms with van der Waals surface area (Å²) in [6.07, 6.45) is 10.9. The molecule has 0 radical (unpaired) electrons. The molecular formula is C19H26N2O3. The van der Waals surface area contributed by atoms with Crippen molar-refractivity contribution in [1.29, 1.82) is 0 Å². The van der Waals surface area contributed by atoms with Gasteiger partial charge in [-0.15, -0.1) is 0 Å². The smallest absolute Gasteiger partial charge is 0.313 e. The first kappa shape index (κ1) is 16.9. The maximum atomic E-state index is 12.9. The van der Waals surface area contributed by atoms with E-state index in [1.54, 1.807) is 12.4 Å². The van der Waals surface area contributed by atoms with Crippen molar-refractivity contribution >= 4 is 11.9 Å². The summed E-state index contributed by atoms with van der Waals surface area (Å²) in [5.41, 5.74) is 0.487. The molecule has 0 bridgehead atoms. The van der Waals surface area contributed by atoms with Gasteiger partial charge in [0.1, 0.15) is 0 Å². The Morgan fingerprint density at radius 3 is 2.67 bits per heavy atom. The van der Waals surface area contributed by atoms with Crippen LogP contribution in [-0.4, -0.2) is 30.5 Å². The Bertz CT molecular complexity index is 578. The van der Waals surface area contributed by atoms with Crippen molar-refractivity contribution in [3.8, 4) is 0 Å². The summed E-state index contributed by atoms with van der Waals surface area (Å²) in [6.45, 7) is 0.377. The van der Waals surface area contributed by atoms with Gasteiger partial charge in [0.15, 0.2) is 0 Å². The fraction of sp³-hybridized carbons (Fsp3) is 0.632. The van der Waals surface area contributed by atoms with Gasteiger partial charge in [-0.1, -0.05) is 25.3 Å². The summed E-state index contributed by atoms with van der Waals surface area (Å²) in [4.78, 5) is 29.0. The normalized spacial score (nSPS) is 20.9. The molecule has 1 aromatic rings. The highest BCUT2D eigenvalue weighted by Crippen LogP contribution is 2.46. The number of hydrogen-bond donors (Lipinski definition) is 1. The molecule has 0 saturated heterocycles. The number of aromatic nitrogens is 1. The third-order valence-electron chi connectivity index (χ3n) is 5.52. The molecular weight excluding hydrogens is 304 g/mol. The highest BCUT2D eigenvalue weighted by molar-refractivity contribution is 5.86. The number of hydrogen-bond acceptors (Lipinski definition) is 4. The van der Waals surface area contributed by atoms with E-state index in [2.05, 4.69) is 10.3 Å². The van der Waals surface area contributed by atoms with E-state index >= 15 is 0 Å². The molecule has 2 fully saturated rings. The van der Waals surface area contributed by atoms with Crippen molar-refractivity contribution in [2.45, 2.75) is 50.9 Å². The van der Waals surface area contributed by atoms with Crippen molar-refractivity contribution in [3.63, 3.8) is 0 Å². The van der Waals surface area contributed by atoms with Crippen LogP contribution in [0.2, 0.25) is 0 Å². The molecule has 5 nitrogen and oxygen atoms in total. The zero-order chi connectivity index (χ0) is 17.0. The number of esters is 1. The predicted octanol–water partition coefficient (Wildman–Crippen LogP) is 2.81. The number of rotatable bonds is 6. The molecule has 1 amide bonds. The topological polar surface area (TPSA) is 68.3 Å². The van der Waals surface area contributed by atoms with Gasteiger partial charge in [-0.2, -0.15) is 0 Å². The zero-order valence-corrected chi connectivity index (χ0v) is 14.3. The lowest BCUT2D eigenvalue weighted by atomic mass is 9.76. The van der Waals surface area contributed by atoms with Gasteiger partial charge in [0.05, 0.1) is 18.4 Å². The molecule has 24 heavy (non-hydrogen) atoms. The molecule has 1 heterocycles. The molecule has 1 N–H and O–H groups in total. The van der Waals surface area contributed by atoms with Crippen LogP contribution in [0.1, 0.15) is 56.4 Å². The summed E-state index contributed by atoms with van der Waals surface area (Å²) in [7, 11) is 1.41. The van der Waals surface area contributed by atoms with Gasteiger partial charge in [-0.25, -0.2) is 0 Å². The minimum atomic E-state index is -0.490. The lowest BCUT2D eigenvalue weighted by molar-refractivity contribution is -0.147. The van der Waals surface area contributed by atoms with Crippen LogP contribution in [0.15, 0.2) is 24.5 Å². The van der Waals surface area contributed by atoms with E-state index in [0.717, 1.165) is 31.2 Å². The van der Waals surface area contributed by atoms with Gasteiger partial charge in [0, 0.05) is 18.9 Å². The number of ether oxygens (including phenoxy) is 1. The number of pyridine rings is 1. The summed E-state index contributed by atoms with van der Waals surface area (Å²) in [5, 5.41) is 3.03. The molecule has 130 valence electrons. The summed E-state index contributed by atoms with van der Waals surface area (Å²) in [6, 6.07) is 3.87. The van der Waals surface area contributed by atoms with Gasteiger partial charge < -0.3 is 10.1 Å². The Morgan fingerprint density at radius 2 is 2.08 bits per heavy atom. The van der Waals surface area contributed by atoms with Crippen LogP contribution in [0, 0.1) is 11.3 Å². The Balaban J connectivity index is 1.70. The Morgan fingerprint density at radius 1 is 1.33 bits per heavy atom. The third-order valence-corrected chi connectivity index (χ3v) is 5.52. The SMILES string of the molecule is COC(=O)C1(CNC(=O)C(c2cccnc2)C2CCCCC2)CC1. The average Bonchev–Trinajstić information content (AvgIpc) is 3.43. The summed E-state index contributed by atoms with van der Waals surface area (Å²) in [5.74, 6) is -0.00727. The van der Waals surface area contributed by atoms with Crippen LogP contribution in [-0.2, 0) is 14.3 Å². The molecule has 0 aliphatic heterocycles. The van der Waals surface area contributed by atoms with Gasteiger partial charge in [-0.05, 0) is 43.2 Å². The molecule has 1 unspecified atom stereocenters. The standard InChI is InChI=1S/C19H26N2O3/c1-24-18(23)19(9-10-19)13-21-17(22)16(14-6-3-2-4-7-14)15-8-5-11-20-12-15/h5,8,11-12,14,16H,2-4,6-7,9-10,13H2,1H3,(H,21,22). The Hall–Kier alpha value is -1.91. The quantitative estimate of drug-likeness (QED) is 0.814. The van der Waals surface area contributed by atoms with E-state index in [1.165, 1.54) is 26.4 Å². The number of methoxy groups -OCH3 is 1. The van der Waals surface area contributed by atoms with Crippen molar-refractivity contribution < 1.29 is 14.3 Å². The maximum Gasteiger partial charge on any atom is 0.313 e. The van der Waals surface area contributed by atoms with Crippen LogP contribution in [0.3, 0.4) is 0 Å². The fourth-order valence-corrected chi connectivity index (χ4v) is 3.85. The van der Waals surface area contributed by atoms with Crippen molar-refractivity contribution in [2.75, 3.05) is 13.7 Å². The number of carbonyl (C=O) groups excluding carboxylic acids is 2. The number of nitrogens with one attached hydrogen (secondary N) is 1. The second-order valence-corrected chi connectivity index (χ2v) is 7.15. The lowest BCUT2D eigenvalue weighted by Crippen LogP contribution is -2.39. The van der Waals surface area contributed by atoms with Gasteiger partial charge in [0.25, 0.3) is 0 Å². The second-order valence-electron chi connectivity index (χ2n) is 7.15. The molecule has 0 aromatic carbocycles. The van der Waals surface area contributed by atoms with Gasteiger partial charge >= 0.3 is 5.97 Å². The van der Waals surface area contributed by atoms with E-state index < -0.39 is 5.41 Å². The highest BCUT2D eigenvalue weighted by Gasteiger charge is 2.51. The molecule has 3 rings (SSSR count). The average molecular weight is 330 g/mol. The number of nitrogens with zero attached hydrogens (tertiary/aromatic N) is 1. The summed E-state index contributed by atoms with van der Waals surface area (Å²) >= 11 is 0. The summed E-state index contributed by atoms with van der Waals surface area (Å²) < 4.78 is 4.87. The monoisotopic (exact) mass is 330 g/mol. The molecule has 2 saturated carbocycles. The van der Waals surface area contributed by atoms with E-state index in [4.69, 9.17) is 4.74 Å². The molecule has 2 aliphatic rings. The van der Waals surface area contributed by atoms with Gasteiger partial charge in [-0.3, -0.25) is 14.6 Å². The first-order chi connectivity index (χ1) is 11.7. The van der Waals surface area contributed by atoms with Crippen LogP contribution in [0.25, 0.3) is 0 Å². The number of amides is 1. The fourth-order valence-electron chi connectivity index (χ4n) is 3.85. The minimum absolute atomic E-state index is 0.0186. The number of carbonyl (C=O) groups is 2. The van der Waals surface area contributed by atoms with E-state index in [1.807, 2.05) is 12.1 Å². The van der Waals surface area contributed by atoms with Crippen molar-refractivity contribution in [3.05, 3.63) is 30.1 Å². The Kier molecular flexibility index (Phi) is 5.17. The molecule has 1 aromatic heterocycles. The second kappa shape index (κ2) is 7.32. The molecule has 1 atom stereocenters. The minimum Gasteiger partial charge on any atom is -0.469 e. The van der Waals surface area contributed by atoms with E-state index in [-0.39, 0.29) is 17.8 Å². The first-order valence-electron chi connectivity index (χ1n) is 8.92. The van der Waals surface area contributed by atoms with E-state index in [9.17, 15) is 9.59 Å². The van der Waals surface area contributed by atoms with Crippen LogP contribution < -0.4 is 5.32 Å². The van der Waals surface area contributed by atoms with E-state index in [0.29, 0.717) is 12.5 Å². The zero-order valence-electron chi connectivity index (χ0n) is 14.3. The van der Waals surface area contributed by atoms with Crippen molar-refractivity contribution in [2.24, 2.45) is 11.3 Å². The Labute approximate surface area is 143 Å². The molecule has 5 heteroatoms. The van der Waals surface area contributed by atoms with Crippen LogP contribution in [0.4, 0.5) is 0 Å². The van der Waals surface area contributed by atoms with Crippen LogP contribution >= 0.6 is 0 Å². The first-order valence-corrected chi connectivity index (χ1v) is 8.92.